The number of hydrazine groups is 1. The second kappa shape index (κ2) is 10.3. The number of aromatic nitrogens is 2. The van der Waals surface area contributed by atoms with Crippen molar-refractivity contribution in [3.05, 3.63) is 11.9 Å². The zero-order chi connectivity index (χ0) is 15.5. The van der Waals surface area contributed by atoms with E-state index in [9.17, 15) is 0 Å². The summed E-state index contributed by atoms with van der Waals surface area (Å²) >= 11 is 0. The molecule has 0 aliphatic heterocycles. The molecule has 1 aromatic rings. The van der Waals surface area contributed by atoms with E-state index < -0.39 is 0 Å². The molecular weight excluding hydrogens is 270 g/mol. The van der Waals surface area contributed by atoms with Crippen LogP contribution >= 0.6 is 0 Å². The molecule has 0 amide bonds. The maximum absolute atomic E-state index is 5.48. The normalized spacial score (nSPS) is 10.7. The average Bonchev–Trinajstić information content (AvgIpc) is 2.53. The van der Waals surface area contributed by atoms with Crippen LogP contribution in [0.15, 0.2) is 6.07 Å². The van der Waals surface area contributed by atoms with Gasteiger partial charge in [0.25, 0.3) is 0 Å². The fraction of sp³-hybridized carbons (Fsp3) is 0.714. The molecule has 0 aliphatic carbocycles. The molecule has 0 aromatic carbocycles. The van der Waals surface area contributed by atoms with Crippen LogP contribution in [0.1, 0.15) is 26.6 Å². The number of nitrogens with one attached hydrogen (secondary N) is 1. The second-order valence-electron chi connectivity index (χ2n) is 4.41. The first-order valence-electron chi connectivity index (χ1n) is 7.50. The van der Waals surface area contributed by atoms with Crippen LogP contribution in [0.4, 0.5) is 11.6 Å². The van der Waals surface area contributed by atoms with E-state index >= 15 is 0 Å². The maximum Gasteiger partial charge on any atom is 0.145 e. The predicted molar refractivity (Wildman–Crippen MR) is 84.4 cm³/mol. The lowest BCUT2D eigenvalue weighted by Crippen LogP contribution is -2.32. The second-order valence-corrected chi connectivity index (χ2v) is 4.41. The number of nitrogen functional groups attached to an aromatic ring is 1. The zero-order valence-electron chi connectivity index (χ0n) is 13.3. The molecule has 0 saturated heterocycles. The number of anilines is 2. The Morgan fingerprint density at radius 2 is 1.71 bits per heavy atom. The summed E-state index contributed by atoms with van der Waals surface area (Å²) in [5.74, 6) is 7.70. The van der Waals surface area contributed by atoms with Crippen molar-refractivity contribution in [2.45, 2.75) is 27.2 Å². The number of nitrogens with two attached hydrogens (primary N) is 1. The van der Waals surface area contributed by atoms with Crippen LogP contribution in [0.3, 0.4) is 0 Å². The van der Waals surface area contributed by atoms with Crippen molar-refractivity contribution >= 4 is 11.6 Å². The van der Waals surface area contributed by atoms with E-state index in [1.165, 1.54) is 0 Å². The van der Waals surface area contributed by atoms with Crippen molar-refractivity contribution < 1.29 is 9.47 Å². The first kappa shape index (κ1) is 17.6. The molecule has 0 atom stereocenters. The molecule has 21 heavy (non-hydrogen) atoms. The Bertz CT molecular complexity index is 371. The van der Waals surface area contributed by atoms with Crippen LogP contribution in [0.5, 0.6) is 0 Å². The molecule has 3 N–H and O–H groups in total. The summed E-state index contributed by atoms with van der Waals surface area (Å²) in [6.45, 7) is 10.2. The summed E-state index contributed by atoms with van der Waals surface area (Å²) in [5, 5.41) is 0. The molecule has 0 fully saturated rings. The van der Waals surface area contributed by atoms with Gasteiger partial charge in [-0.25, -0.2) is 15.8 Å². The van der Waals surface area contributed by atoms with Crippen LogP contribution in [0, 0.1) is 0 Å². The first-order valence-corrected chi connectivity index (χ1v) is 7.50. The van der Waals surface area contributed by atoms with Gasteiger partial charge in [-0.1, -0.05) is 6.92 Å². The van der Waals surface area contributed by atoms with Crippen LogP contribution in [-0.2, 0) is 15.9 Å². The van der Waals surface area contributed by atoms with E-state index in [0.29, 0.717) is 32.2 Å². The SMILES string of the molecule is CCOCCN(CCOCC)c1cc(NN)nc(CC)n1. The Hall–Kier alpha value is -1.44. The van der Waals surface area contributed by atoms with E-state index in [0.717, 1.165) is 31.2 Å². The number of hydrogen-bond acceptors (Lipinski definition) is 7. The molecule has 120 valence electrons. The summed E-state index contributed by atoms with van der Waals surface area (Å²) in [5.41, 5.74) is 2.59. The van der Waals surface area contributed by atoms with Gasteiger partial charge in [0.05, 0.1) is 13.2 Å². The largest absolute Gasteiger partial charge is 0.380 e. The highest BCUT2D eigenvalue weighted by Crippen LogP contribution is 2.15. The Labute approximate surface area is 126 Å². The summed E-state index contributed by atoms with van der Waals surface area (Å²) in [4.78, 5) is 11.0. The zero-order valence-corrected chi connectivity index (χ0v) is 13.3. The van der Waals surface area contributed by atoms with Crippen molar-refractivity contribution in [3.63, 3.8) is 0 Å². The molecule has 1 aromatic heterocycles. The van der Waals surface area contributed by atoms with E-state index in [4.69, 9.17) is 15.3 Å². The smallest absolute Gasteiger partial charge is 0.145 e. The van der Waals surface area contributed by atoms with E-state index in [2.05, 4.69) is 20.3 Å². The Kier molecular flexibility index (Phi) is 8.65. The first-order chi connectivity index (χ1) is 10.2. The van der Waals surface area contributed by atoms with Crippen molar-refractivity contribution in [1.82, 2.24) is 9.97 Å². The van der Waals surface area contributed by atoms with E-state index in [-0.39, 0.29) is 0 Å². The van der Waals surface area contributed by atoms with Gasteiger partial charge in [-0.15, -0.1) is 0 Å². The molecule has 0 radical (unpaired) electrons. The van der Waals surface area contributed by atoms with Crippen molar-refractivity contribution in [2.75, 3.05) is 49.8 Å². The summed E-state index contributed by atoms with van der Waals surface area (Å²) in [6, 6.07) is 1.84. The fourth-order valence-electron chi connectivity index (χ4n) is 1.86. The van der Waals surface area contributed by atoms with Gasteiger partial charge < -0.3 is 19.8 Å². The minimum Gasteiger partial charge on any atom is -0.380 e. The van der Waals surface area contributed by atoms with Crippen LogP contribution in [0.2, 0.25) is 0 Å². The standard InChI is InChI=1S/C14H27N5O2/c1-4-12-16-13(18-15)11-14(17-12)19(7-9-20-5-2)8-10-21-6-3/h11H,4-10,15H2,1-3H3,(H,16,17,18). The number of nitrogens with zero attached hydrogens (tertiary/aromatic N) is 3. The quantitative estimate of drug-likeness (QED) is 0.360. The summed E-state index contributed by atoms with van der Waals surface area (Å²) in [6.07, 6.45) is 0.757. The molecule has 7 heteroatoms. The van der Waals surface area contributed by atoms with Gasteiger partial charge in [0.15, 0.2) is 0 Å². The summed E-state index contributed by atoms with van der Waals surface area (Å²) < 4.78 is 10.9. The number of ether oxygens (including phenoxy) is 2. The van der Waals surface area contributed by atoms with E-state index in [1.807, 2.05) is 26.8 Å². The van der Waals surface area contributed by atoms with Gasteiger partial charge in [-0.3, -0.25) is 0 Å². The molecule has 7 nitrogen and oxygen atoms in total. The fourth-order valence-corrected chi connectivity index (χ4v) is 1.86. The van der Waals surface area contributed by atoms with Crippen LogP contribution in [0.25, 0.3) is 0 Å². The molecule has 0 saturated carbocycles. The number of aryl methyl sites for hydroxylation is 1. The molecule has 0 aliphatic rings. The lowest BCUT2D eigenvalue weighted by Gasteiger charge is -2.24. The van der Waals surface area contributed by atoms with Crippen molar-refractivity contribution in [1.29, 1.82) is 0 Å². The van der Waals surface area contributed by atoms with Crippen LogP contribution < -0.4 is 16.2 Å². The molecule has 0 bridgehead atoms. The third kappa shape index (κ3) is 6.24. The highest BCUT2D eigenvalue weighted by Gasteiger charge is 2.11. The predicted octanol–water partition coefficient (Wildman–Crippen LogP) is 1.20. The number of hydrogen-bond donors (Lipinski definition) is 2. The molecule has 0 spiro atoms. The lowest BCUT2D eigenvalue weighted by molar-refractivity contribution is 0.141. The van der Waals surface area contributed by atoms with Gasteiger partial charge in [-0.05, 0) is 13.8 Å². The van der Waals surface area contributed by atoms with Gasteiger partial charge >= 0.3 is 0 Å². The van der Waals surface area contributed by atoms with Crippen molar-refractivity contribution in [2.24, 2.45) is 5.84 Å². The number of rotatable bonds is 11. The Morgan fingerprint density at radius 1 is 1.10 bits per heavy atom. The van der Waals surface area contributed by atoms with Crippen molar-refractivity contribution in [3.8, 4) is 0 Å². The third-order valence-electron chi connectivity index (χ3n) is 2.97. The van der Waals surface area contributed by atoms with E-state index in [1.54, 1.807) is 0 Å². The highest BCUT2D eigenvalue weighted by molar-refractivity contribution is 5.49. The average molecular weight is 297 g/mol. The highest BCUT2D eigenvalue weighted by atomic mass is 16.5. The maximum atomic E-state index is 5.48. The summed E-state index contributed by atoms with van der Waals surface area (Å²) in [7, 11) is 0. The molecule has 0 unspecified atom stereocenters. The molecular formula is C14H27N5O2. The van der Waals surface area contributed by atoms with Gasteiger partial charge in [0, 0.05) is 38.8 Å². The Morgan fingerprint density at radius 3 is 2.19 bits per heavy atom. The lowest BCUT2D eigenvalue weighted by atomic mass is 10.4. The van der Waals surface area contributed by atoms with Gasteiger partial charge in [0.1, 0.15) is 17.5 Å². The van der Waals surface area contributed by atoms with Gasteiger partial charge in [0.2, 0.25) is 0 Å². The monoisotopic (exact) mass is 297 g/mol. The third-order valence-corrected chi connectivity index (χ3v) is 2.97. The topological polar surface area (TPSA) is 85.5 Å². The Balaban J connectivity index is 2.83. The molecule has 1 heterocycles. The minimum absolute atomic E-state index is 0.620. The van der Waals surface area contributed by atoms with Gasteiger partial charge in [-0.2, -0.15) is 0 Å². The minimum atomic E-state index is 0.620. The van der Waals surface area contributed by atoms with Crippen LogP contribution in [-0.4, -0.2) is 49.5 Å². The molecule has 1 rings (SSSR count).